The average molecular weight is 539 g/mol. The van der Waals surface area contributed by atoms with Crippen molar-refractivity contribution in [1.29, 1.82) is 0 Å². The van der Waals surface area contributed by atoms with E-state index in [2.05, 4.69) is 36.1 Å². The Morgan fingerprint density at radius 3 is 2.54 bits per heavy atom. The minimum Gasteiger partial charge on any atom is -0.354 e. The molecule has 10 nitrogen and oxygen atoms in total. The SMILES string of the molecule is CNC(=O)c1cn(CCCCc2ccc(NC(=O)Cc3cc(-c4ccccc4C(F)(F)F)ccn3)nn2)nn1. The van der Waals surface area contributed by atoms with E-state index in [0.717, 1.165) is 24.6 Å². The van der Waals surface area contributed by atoms with Gasteiger partial charge in [0, 0.05) is 19.8 Å². The highest BCUT2D eigenvalue weighted by molar-refractivity contribution is 5.91. The van der Waals surface area contributed by atoms with Gasteiger partial charge >= 0.3 is 6.18 Å². The van der Waals surface area contributed by atoms with Gasteiger partial charge in [-0.2, -0.15) is 18.3 Å². The van der Waals surface area contributed by atoms with Gasteiger partial charge < -0.3 is 10.6 Å². The number of pyridine rings is 1. The topological polar surface area (TPSA) is 128 Å². The van der Waals surface area contributed by atoms with Crippen molar-refractivity contribution >= 4 is 17.6 Å². The number of benzene rings is 1. The third-order valence-electron chi connectivity index (χ3n) is 5.76. The highest BCUT2D eigenvalue weighted by Crippen LogP contribution is 2.36. The van der Waals surface area contributed by atoms with Crippen LogP contribution in [0.15, 0.2) is 60.9 Å². The minimum absolute atomic E-state index is 0.0189. The molecule has 1 aromatic carbocycles. The number of alkyl halides is 3. The van der Waals surface area contributed by atoms with Gasteiger partial charge in [0.15, 0.2) is 11.5 Å². The van der Waals surface area contributed by atoms with Crippen LogP contribution in [0.5, 0.6) is 0 Å². The van der Waals surface area contributed by atoms with Crippen LogP contribution in [-0.4, -0.2) is 49.0 Å². The van der Waals surface area contributed by atoms with Gasteiger partial charge in [0.05, 0.1) is 29.6 Å². The Morgan fingerprint density at radius 2 is 1.79 bits per heavy atom. The summed E-state index contributed by atoms with van der Waals surface area (Å²) in [4.78, 5) is 28.2. The molecule has 0 unspecified atom stereocenters. The van der Waals surface area contributed by atoms with Crippen molar-refractivity contribution in [3.63, 3.8) is 0 Å². The maximum absolute atomic E-state index is 13.4. The molecule has 0 aliphatic rings. The molecule has 0 atom stereocenters. The molecular formula is C26H25F3N8O2. The van der Waals surface area contributed by atoms with Crippen molar-refractivity contribution in [2.24, 2.45) is 0 Å². The third-order valence-corrected chi connectivity index (χ3v) is 5.76. The maximum atomic E-state index is 13.4. The molecule has 39 heavy (non-hydrogen) atoms. The second-order valence-electron chi connectivity index (χ2n) is 8.62. The summed E-state index contributed by atoms with van der Waals surface area (Å²) in [7, 11) is 1.53. The Hall–Kier alpha value is -4.68. The first kappa shape index (κ1) is 27.4. The second kappa shape index (κ2) is 12.2. The van der Waals surface area contributed by atoms with Crippen LogP contribution < -0.4 is 10.6 Å². The van der Waals surface area contributed by atoms with Gasteiger partial charge in [0.25, 0.3) is 5.91 Å². The van der Waals surface area contributed by atoms with E-state index in [0.29, 0.717) is 24.2 Å². The van der Waals surface area contributed by atoms with Gasteiger partial charge in [-0.3, -0.25) is 19.3 Å². The van der Waals surface area contributed by atoms with E-state index >= 15 is 0 Å². The molecule has 0 fully saturated rings. The predicted octanol–water partition coefficient (Wildman–Crippen LogP) is 3.71. The monoisotopic (exact) mass is 538 g/mol. The first-order valence-corrected chi connectivity index (χ1v) is 12.1. The number of amides is 2. The number of hydrogen-bond acceptors (Lipinski definition) is 7. The maximum Gasteiger partial charge on any atom is 0.417 e. The van der Waals surface area contributed by atoms with E-state index in [1.807, 2.05) is 0 Å². The average Bonchev–Trinajstić information content (AvgIpc) is 3.40. The van der Waals surface area contributed by atoms with Crippen LogP contribution in [0.4, 0.5) is 19.0 Å². The van der Waals surface area contributed by atoms with E-state index in [1.54, 1.807) is 23.0 Å². The first-order chi connectivity index (χ1) is 18.7. The molecule has 4 aromatic rings. The van der Waals surface area contributed by atoms with E-state index in [4.69, 9.17) is 0 Å². The normalized spacial score (nSPS) is 11.3. The predicted molar refractivity (Wildman–Crippen MR) is 135 cm³/mol. The van der Waals surface area contributed by atoms with E-state index in [1.165, 1.54) is 43.6 Å². The molecule has 4 rings (SSSR count). The van der Waals surface area contributed by atoms with Gasteiger partial charge in [-0.05, 0) is 60.7 Å². The summed E-state index contributed by atoms with van der Waals surface area (Å²) in [5.41, 5.74) is 0.912. The molecule has 202 valence electrons. The molecule has 0 bridgehead atoms. The Kier molecular flexibility index (Phi) is 8.59. The molecule has 13 heteroatoms. The molecule has 0 aliphatic heterocycles. The van der Waals surface area contributed by atoms with Crippen molar-refractivity contribution < 1.29 is 22.8 Å². The summed E-state index contributed by atoms with van der Waals surface area (Å²) in [5, 5.41) is 21.0. The lowest BCUT2D eigenvalue weighted by atomic mass is 9.99. The molecule has 0 aliphatic carbocycles. The Bertz CT molecular complexity index is 1440. The lowest BCUT2D eigenvalue weighted by molar-refractivity contribution is -0.137. The van der Waals surface area contributed by atoms with E-state index < -0.39 is 17.6 Å². The molecule has 2 N–H and O–H groups in total. The molecule has 0 radical (unpaired) electrons. The van der Waals surface area contributed by atoms with Crippen LogP contribution in [0.25, 0.3) is 11.1 Å². The quantitative estimate of drug-likeness (QED) is 0.295. The highest BCUT2D eigenvalue weighted by atomic mass is 19.4. The van der Waals surface area contributed by atoms with Crippen molar-refractivity contribution in [2.45, 2.75) is 38.4 Å². The summed E-state index contributed by atoms with van der Waals surface area (Å²) in [6, 6.07) is 11.6. The number of halogens is 3. The molecule has 0 spiro atoms. The second-order valence-corrected chi connectivity index (χ2v) is 8.62. The molecular weight excluding hydrogens is 513 g/mol. The fourth-order valence-electron chi connectivity index (χ4n) is 3.86. The zero-order valence-corrected chi connectivity index (χ0v) is 20.9. The van der Waals surface area contributed by atoms with Crippen molar-refractivity contribution in [1.82, 2.24) is 35.5 Å². The first-order valence-electron chi connectivity index (χ1n) is 12.1. The van der Waals surface area contributed by atoms with Crippen LogP contribution in [-0.2, 0) is 30.4 Å². The van der Waals surface area contributed by atoms with Crippen molar-refractivity contribution in [3.05, 3.63) is 83.6 Å². The number of anilines is 1. The number of rotatable bonds is 10. The molecule has 3 aromatic heterocycles. The van der Waals surface area contributed by atoms with Crippen LogP contribution in [0.3, 0.4) is 0 Å². The molecule has 0 saturated heterocycles. The summed E-state index contributed by atoms with van der Waals surface area (Å²) >= 11 is 0. The summed E-state index contributed by atoms with van der Waals surface area (Å²) < 4.78 is 41.8. The number of carbonyl (C=O) groups is 2. The summed E-state index contributed by atoms with van der Waals surface area (Å²) in [6.07, 6.45) is 0.569. The van der Waals surface area contributed by atoms with Gasteiger partial charge in [-0.25, -0.2) is 0 Å². The third kappa shape index (κ3) is 7.43. The highest BCUT2D eigenvalue weighted by Gasteiger charge is 2.33. The number of hydrogen-bond donors (Lipinski definition) is 2. The lowest BCUT2D eigenvalue weighted by Gasteiger charge is -2.13. The number of carbonyl (C=O) groups excluding carboxylic acids is 2. The Balaban J connectivity index is 1.27. The number of nitrogens with zero attached hydrogens (tertiary/aromatic N) is 6. The zero-order chi connectivity index (χ0) is 27.8. The molecule has 2 amide bonds. The molecule has 3 heterocycles. The summed E-state index contributed by atoms with van der Waals surface area (Å²) in [6.45, 7) is 0.600. The van der Waals surface area contributed by atoms with Crippen LogP contribution in [0, 0.1) is 0 Å². The Labute approximate surface area is 221 Å². The number of aromatic nitrogens is 6. The summed E-state index contributed by atoms with van der Waals surface area (Å²) in [5.74, 6) is -0.457. The Morgan fingerprint density at radius 1 is 0.974 bits per heavy atom. The fraction of sp³-hybridized carbons (Fsp3) is 0.269. The van der Waals surface area contributed by atoms with E-state index in [-0.39, 0.29) is 29.4 Å². The van der Waals surface area contributed by atoms with Crippen LogP contribution >= 0.6 is 0 Å². The van der Waals surface area contributed by atoms with E-state index in [9.17, 15) is 22.8 Å². The number of aryl methyl sites for hydroxylation is 2. The lowest BCUT2D eigenvalue weighted by Crippen LogP contribution is -2.18. The van der Waals surface area contributed by atoms with Crippen LogP contribution in [0.1, 0.15) is 40.3 Å². The van der Waals surface area contributed by atoms with Gasteiger partial charge in [0.2, 0.25) is 5.91 Å². The smallest absolute Gasteiger partial charge is 0.354 e. The van der Waals surface area contributed by atoms with Crippen LogP contribution in [0.2, 0.25) is 0 Å². The van der Waals surface area contributed by atoms with Gasteiger partial charge in [-0.15, -0.1) is 10.2 Å². The largest absolute Gasteiger partial charge is 0.417 e. The zero-order valence-electron chi connectivity index (χ0n) is 20.9. The molecule has 0 saturated carbocycles. The van der Waals surface area contributed by atoms with Gasteiger partial charge in [0.1, 0.15) is 0 Å². The van der Waals surface area contributed by atoms with Crippen molar-refractivity contribution in [3.8, 4) is 11.1 Å². The number of nitrogens with one attached hydrogen (secondary N) is 2. The standard InChI is InChI=1S/C26H25F3N8O2/c1-30-25(39)22-16-37(36-34-22)13-5-4-6-18-9-10-23(35-33-18)32-24(38)15-19-14-17(11-12-31-19)20-7-2-3-8-21(20)26(27,28)29/h2-3,7-12,14,16H,4-6,13,15H2,1H3,(H,30,39)(H,32,35,38). The van der Waals surface area contributed by atoms with Gasteiger partial charge in [-0.1, -0.05) is 23.4 Å². The number of unbranched alkanes of at least 4 members (excludes halogenated alkanes) is 1. The van der Waals surface area contributed by atoms with Crippen molar-refractivity contribution in [2.75, 3.05) is 12.4 Å². The minimum atomic E-state index is -4.50. The fourth-order valence-corrected chi connectivity index (χ4v) is 3.86.